The number of hydrogen-bond acceptors (Lipinski definition) is 5. The Kier molecular flexibility index (Phi) is 5.96. The maximum Gasteiger partial charge on any atom is 0.424 e. The van der Waals surface area contributed by atoms with E-state index in [1.807, 2.05) is 0 Å². The zero-order valence-electron chi connectivity index (χ0n) is 14.6. The minimum atomic E-state index is -5.08. The summed E-state index contributed by atoms with van der Waals surface area (Å²) in [4.78, 5) is 28.4. The van der Waals surface area contributed by atoms with Crippen molar-refractivity contribution in [3.05, 3.63) is 16.1 Å². The van der Waals surface area contributed by atoms with E-state index in [2.05, 4.69) is 15.6 Å². The number of nitrogens with zero attached hydrogens (tertiary/aromatic N) is 1. The van der Waals surface area contributed by atoms with Gasteiger partial charge in [0.15, 0.2) is 0 Å². The Morgan fingerprint density at radius 2 is 1.92 bits per heavy atom. The highest BCUT2D eigenvalue weighted by atomic mass is 32.1. The molecule has 1 aliphatic rings. The number of carbonyl (C=O) groups excluding carboxylic acids is 2. The van der Waals surface area contributed by atoms with Crippen LogP contribution in [0.2, 0.25) is 0 Å². The number of alkyl halides is 3. The van der Waals surface area contributed by atoms with Crippen LogP contribution in [0.25, 0.3) is 0 Å². The molecule has 2 amide bonds. The SMILES string of the molecule is CNC(=O)C1(NC(=O)C[C@](O)(c2nc(C)cs2)C(F)(F)F)CCCCC1. The minimum Gasteiger partial charge on any atom is -0.374 e. The van der Waals surface area contributed by atoms with Gasteiger partial charge in [-0.05, 0) is 19.8 Å². The maximum atomic E-state index is 13.5. The third kappa shape index (κ3) is 4.01. The quantitative estimate of drug-likeness (QED) is 0.715. The number of hydrogen-bond donors (Lipinski definition) is 3. The van der Waals surface area contributed by atoms with Gasteiger partial charge >= 0.3 is 6.18 Å². The highest BCUT2D eigenvalue weighted by molar-refractivity contribution is 7.09. The molecule has 0 radical (unpaired) electrons. The van der Waals surface area contributed by atoms with Crippen molar-refractivity contribution >= 4 is 23.2 Å². The summed E-state index contributed by atoms with van der Waals surface area (Å²) >= 11 is 0.641. The highest BCUT2D eigenvalue weighted by Gasteiger charge is 2.58. The van der Waals surface area contributed by atoms with Gasteiger partial charge in [-0.2, -0.15) is 13.2 Å². The van der Waals surface area contributed by atoms with Crippen molar-refractivity contribution in [2.24, 2.45) is 0 Å². The van der Waals surface area contributed by atoms with E-state index in [0.717, 1.165) is 6.42 Å². The first-order valence-corrected chi connectivity index (χ1v) is 9.17. The number of halogens is 3. The van der Waals surface area contributed by atoms with Gasteiger partial charge in [0.2, 0.25) is 17.4 Å². The molecule has 26 heavy (non-hydrogen) atoms. The fraction of sp³-hybridized carbons (Fsp3) is 0.688. The number of rotatable bonds is 5. The molecule has 146 valence electrons. The molecule has 1 saturated carbocycles. The molecule has 0 bridgehead atoms. The summed E-state index contributed by atoms with van der Waals surface area (Å²) in [5, 5.41) is 16.0. The van der Waals surface area contributed by atoms with Crippen LogP contribution in [-0.2, 0) is 15.2 Å². The molecule has 0 unspecified atom stereocenters. The molecular formula is C16H22F3N3O3S. The Labute approximate surface area is 153 Å². The second-order valence-electron chi connectivity index (χ2n) is 6.60. The molecule has 1 fully saturated rings. The largest absolute Gasteiger partial charge is 0.424 e. The monoisotopic (exact) mass is 393 g/mol. The van der Waals surface area contributed by atoms with Gasteiger partial charge in [-0.25, -0.2) is 4.98 Å². The van der Waals surface area contributed by atoms with E-state index in [9.17, 15) is 27.9 Å². The van der Waals surface area contributed by atoms with Gasteiger partial charge in [0.1, 0.15) is 10.5 Å². The van der Waals surface area contributed by atoms with E-state index < -0.39 is 40.6 Å². The number of nitrogens with one attached hydrogen (secondary N) is 2. The van der Waals surface area contributed by atoms with Crippen molar-refractivity contribution in [1.82, 2.24) is 15.6 Å². The summed E-state index contributed by atoms with van der Waals surface area (Å²) in [6.07, 6.45) is -3.38. The average molecular weight is 393 g/mol. The third-order valence-electron chi connectivity index (χ3n) is 4.61. The molecule has 0 aliphatic heterocycles. The lowest BCUT2D eigenvalue weighted by molar-refractivity contribution is -0.267. The van der Waals surface area contributed by atoms with Crippen LogP contribution in [-0.4, -0.2) is 40.7 Å². The lowest BCUT2D eigenvalue weighted by Gasteiger charge is -2.37. The van der Waals surface area contributed by atoms with E-state index in [1.165, 1.54) is 19.4 Å². The molecular weight excluding hydrogens is 371 g/mol. The summed E-state index contributed by atoms with van der Waals surface area (Å²) in [7, 11) is 1.41. The van der Waals surface area contributed by atoms with E-state index in [-0.39, 0.29) is 0 Å². The molecule has 0 saturated heterocycles. The van der Waals surface area contributed by atoms with Gasteiger partial charge in [-0.15, -0.1) is 11.3 Å². The van der Waals surface area contributed by atoms with Crippen LogP contribution >= 0.6 is 11.3 Å². The van der Waals surface area contributed by atoms with Gasteiger partial charge in [0, 0.05) is 18.1 Å². The van der Waals surface area contributed by atoms with E-state index in [0.29, 0.717) is 42.7 Å². The third-order valence-corrected chi connectivity index (χ3v) is 5.72. The fourth-order valence-electron chi connectivity index (χ4n) is 3.19. The standard InChI is InChI=1S/C16H22F3N3O3S/c1-10-9-26-13(21-10)15(25,16(17,18)19)8-11(23)22-14(12(24)20-2)6-4-3-5-7-14/h9,25H,3-8H2,1-2H3,(H,20,24)(H,22,23)/t15-/m0/s1. The van der Waals surface area contributed by atoms with E-state index >= 15 is 0 Å². The fourth-order valence-corrected chi connectivity index (χ4v) is 4.10. The first kappa shape index (κ1) is 20.6. The van der Waals surface area contributed by atoms with Gasteiger partial charge < -0.3 is 15.7 Å². The summed E-state index contributed by atoms with van der Waals surface area (Å²) in [6, 6.07) is 0. The van der Waals surface area contributed by atoms with Crippen molar-refractivity contribution in [3.63, 3.8) is 0 Å². The minimum absolute atomic E-state index is 0.321. The molecule has 6 nitrogen and oxygen atoms in total. The summed E-state index contributed by atoms with van der Waals surface area (Å²) in [5.41, 5.74) is -4.31. The number of aliphatic hydroxyl groups is 1. The molecule has 1 aliphatic carbocycles. The number of likely N-dealkylation sites (N-methyl/N-ethyl adjacent to an activating group) is 1. The second kappa shape index (κ2) is 7.51. The smallest absolute Gasteiger partial charge is 0.374 e. The van der Waals surface area contributed by atoms with Crippen LogP contribution in [0.15, 0.2) is 5.38 Å². The number of carbonyl (C=O) groups is 2. The van der Waals surface area contributed by atoms with E-state index in [1.54, 1.807) is 0 Å². The van der Waals surface area contributed by atoms with Crippen molar-refractivity contribution in [3.8, 4) is 0 Å². The normalized spacial score (nSPS) is 19.5. The zero-order chi connectivity index (χ0) is 19.6. The molecule has 0 aromatic carbocycles. The molecule has 1 aromatic rings. The lowest BCUT2D eigenvalue weighted by atomic mass is 9.80. The Balaban J connectivity index is 2.25. The topological polar surface area (TPSA) is 91.3 Å². The Morgan fingerprint density at radius 1 is 1.31 bits per heavy atom. The Hall–Kier alpha value is -1.68. The maximum absolute atomic E-state index is 13.5. The molecule has 1 atom stereocenters. The summed E-state index contributed by atoms with van der Waals surface area (Å²) in [6.45, 7) is 1.50. The van der Waals surface area contributed by atoms with Crippen molar-refractivity contribution < 1.29 is 27.9 Å². The molecule has 1 heterocycles. The van der Waals surface area contributed by atoms with Crippen LogP contribution in [0.1, 0.15) is 49.2 Å². The van der Waals surface area contributed by atoms with Crippen LogP contribution in [0.4, 0.5) is 13.2 Å². The van der Waals surface area contributed by atoms with Crippen LogP contribution in [0.5, 0.6) is 0 Å². The number of aromatic nitrogens is 1. The molecule has 0 spiro atoms. The van der Waals surface area contributed by atoms with Crippen molar-refractivity contribution in [1.29, 1.82) is 0 Å². The highest BCUT2D eigenvalue weighted by Crippen LogP contribution is 2.43. The Bertz CT molecular complexity index is 671. The van der Waals surface area contributed by atoms with Crippen molar-refractivity contribution in [2.75, 3.05) is 7.05 Å². The van der Waals surface area contributed by atoms with Crippen LogP contribution in [0, 0.1) is 6.92 Å². The Morgan fingerprint density at radius 3 is 2.38 bits per heavy atom. The first-order chi connectivity index (χ1) is 12.0. The molecule has 2 rings (SSSR count). The summed E-state index contributed by atoms with van der Waals surface area (Å²) in [5.74, 6) is -1.48. The number of amides is 2. The summed E-state index contributed by atoms with van der Waals surface area (Å²) < 4.78 is 40.5. The van der Waals surface area contributed by atoms with E-state index in [4.69, 9.17) is 0 Å². The first-order valence-electron chi connectivity index (χ1n) is 8.29. The van der Waals surface area contributed by atoms with Gasteiger partial charge in [0.25, 0.3) is 0 Å². The second-order valence-corrected chi connectivity index (χ2v) is 7.46. The predicted octanol–water partition coefficient (Wildman–Crippen LogP) is 2.16. The number of thiazole rings is 1. The average Bonchev–Trinajstić information content (AvgIpc) is 3.00. The van der Waals surface area contributed by atoms with Crippen LogP contribution in [0.3, 0.4) is 0 Å². The molecule has 1 aromatic heterocycles. The van der Waals surface area contributed by atoms with Gasteiger partial charge in [-0.1, -0.05) is 19.3 Å². The molecule has 3 N–H and O–H groups in total. The zero-order valence-corrected chi connectivity index (χ0v) is 15.4. The van der Waals surface area contributed by atoms with Crippen molar-refractivity contribution in [2.45, 2.75) is 62.8 Å². The number of aryl methyl sites for hydroxylation is 1. The lowest BCUT2D eigenvalue weighted by Crippen LogP contribution is -2.60. The van der Waals surface area contributed by atoms with Gasteiger partial charge in [0.05, 0.1) is 6.42 Å². The predicted molar refractivity (Wildman–Crippen MR) is 89.4 cm³/mol. The van der Waals surface area contributed by atoms with Crippen LogP contribution < -0.4 is 10.6 Å². The van der Waals surface area contributed by atoms with Gasteiger partial charge in [-0.3, -0.25) is 9.59 Å². The molecule has 10 heteroatoms.